The van der Waals surface area contributed by atoms with Crippen molar-refractivity contribution >= 4 is 17.9 Å². The first kappa shape index (κ1) is 70.8. The summed E-state index contributed by atoms with van der Waals surface area (Å²) in [5.74, 6) is -0.873. The number of hydrogen-bond donors (Lipinski definition) is 0. The van der Waals surface area contributed by atoms with E-state index in [1.54, 1.807) is 0 Å². The fourth-order valence-electron chi connectivity index (χ4n) is 9.17. The second-order valence-electron chi connectivity index (χ2n) is 21.3. The molecule has 0 aromatic heterocycles. The molecule has 0 fully saturated rings. The number of ether oxygens (including phenoxy) is 3. The smallest absolute Gasteiger partial charge is 0.306 e. The lowest BCUT2D eigenvalue weighted by molar-refractivity contribution is -0.167. The van der Waals surface area contributed by atoms with Crippen LogP contribution in [0.2, 0.25) is 0 Å². The molecule has 6 heteroatoms. The van der Waals surface area contributed by atoms with Crippen LogP contribution < -0.4 is 0 Å². The maximum atomic E-state index is 12.9. The SMILES string of the molecule is CC/C=C\C/C=C\C/C=C\C/C=C\CCCCCCCCCCCCCCC(=O)OCC(COC(=O)CCCCCCCC)OC(=O)CCCCCCCCCCCCCCC/C=C\C/C=C\CCCCCCC. The second kappa shape index (κ2) is 62.4. The standard InChI is InChI=1S/C68H120O6/c1-4-7-10-13-16-18-20-22-24-26-28-30-32-34-36-38-40-42-44-46-48-50-52-55-58-61-67(70)73-64-65(63-72-66(69)60-57-54-15-12-9-6-3)74-68(71)62-59-56-53-51-49-47-45-43-41-39-37-35-33-31-29-27-25-23-21-19-17-14-11-8-5-2/h7,10,16,18,21-24,27-30,65H,4-6,8-9,11-15,17,19-20,25-26,31-64H2,1-3H3/b10-7-,18-16-,23-21-,24-22-,29-27-,30-28-. The highest BCUT2D eigenvalue weighted by atomic mass is 16.6. The van der Waals surface area contributed by atoms with Crippen LogP contribution in [0.1, 0.15) is 323 Å². The minimum Gasteiger partial charge on any atom is -0.462 e. The van der Waals surface area contributed by atoms with E-state index < -0.39 is 6.10 Å². The highest BCUT2D eigenvalue weighted by molar-refractivity contribution is 5.71. The molecule has 0 spiro atoms. The van der Waals surface area contributed by atoms with Crippen LogP contribution in [0.15, 0.2) is 72.9 Å². The van der Waals surface area contributed by atoms with Gasteiger partial charge in [0.05, 0.1) is 0 Å². The third-order valence-electron chi connectivity index (χ3n) is 13.9. The van der Waals surface area contributed by atoms with Gasteiger partial charge in [0.1, 0.15) is 13.2 Å². The van der Waals surface area contributed by atoms with Crippen LogP contribution in [0.3, 0.4) is 0 Å². The van der Waals surface area contributed by atoms with Gasteiger partial charge in [-0.1, -0.05) is 286 Å². The first-order valence-corrected chi connectivity index (χ1v) is 31.9. The molecule has 0 radical (unpaired) electrons. The summed E-state index contributed by atoms with van der Waals surface area (Å²) in [5.41, 5.74) is 0. The summed E-state index contributed by atoms with van der Waals surface area (Å²) in [5, 5.41) is 0. The van der Waals surface area contributed by atoms with Crippen molar-refractivity contribution in [2.45, 2.75) is 329 Å². The van der Waals surface area contributed by atoms with Gasteiger partial charge in [-0.15, -0.1) is 0 Å². The van der Waals surface area contributed by atoms with E-state index in [0.717, 1.165) is 89.9 Å². The fraction of sp³-hybridized carbons (Fsp3) is 0.779. The Bertz CT molecular complexity index is 1370. The highest BCUT2D eigenvalue weighted by Crippen LogP contribution is 2.17. The van der Waals surface area contributed by atoms with Crippen molar-refractivity contribution in [1.82, 2.24) is 0 Å². The number of carbonyl (C=O) groups is 3. The minimum atomic E-state index is -0.773. The monoisotopic (exact) mass is 1030 g/mol. The van der Waals surface area contributed by atoms with Crippen LogP contribution in [0.4, 0.5) is 0 Å². The summed E-state index contributed by atoms with van der Waals surface area (Å²) in [6, 6.07) is 0. The molecule has 0 aliphatic heterocycles. The number of unbranched alkanes of at least 4 members (excludes halogenated alkanes) is 35. The summed E-state index contributed by atoms with van der Waals surface area (Å²) >= 11 is 0. The molecule has 0 bridgehead atoms. The van der Waals surface area contributed by atoms with Crippen molar-refractivity contribution in [3.63, 3.8) is 0 Å². The fourth-order valence-corrected chi connectivity index (χ4v) is 9.17. The number of esters is 3. The van der Waals surface area contributed by atoms with Gasteiger partial charge in [-0.2, -0.15) is 0 Å². The van der Waals surface area contributed by atoms with Crippen LogP contribution in [0, 0.1) is 0 Å². The Morgan fingerprint density at radius 2 is 0.527 bits per heavy atom. The van der Waals surface area contributed by atoms with Crippen LogP contribution >= 0.6 is 0 Å². The summed E-state index contributed by atoms with van der Waals surface area (Å²) in [7, 11) is 0. The van der Waals surface area contributed by atoms with Crippen molar-refractivity contribution in [3.8, 4) is 0 Å². The van der Waals surface area contributed by atoms with E-state index in [1.165, 1.54) is 193 Å². The van der Waals surface area contributed by atoms with Crippen molar-refractivity contribution in [1.29, 1.82) is 0 Å². The topological polar surface area (TPSA) is 78.9 Å². The van der Waals surface area contributed by atoms with Crippen molar-refractivity contribution < 1.29 is 28.6 Å². The van der Waals surface area contributed by atoms with Gasteiger partial charge in [0.25, 0.3) is 0 Å². The molecule has 74 heavy (non-hydrogen) atoms. The zero-order valence-corrected chi connectivity index (χ0v) is 49.1. The van der Waals surface area contributed by atoms with Gasteiger partial charge < -0.3 is 14.2 Å². The average Bonchev–Trinajstić information content (AvgIpc) is 3.40. The minimum absolute atomic E-state index is 0.0738. The first-order valence-electron chi connectivity index (χ1n) is 31.9. The van der Waals surface area contributed by atoms with Gasteiger partial charge in [-0.3, -0.25) is 14.4 Å². The number of allylic oxidation sites excluding steroid dienone is 12. The van der Waals surface area contributed by atoms with E-state index >= 15 is 0 Å². The van der Waals surface area contributed by atoms with E-state index in [9.17, 15) is 14.4 Å². The Morgan fingerprint density at radius 3 is 0.824 bits per heavy atom. The predicted molar refractivity (Wildman–Crippen MR) is 321 cm³/mol. The third-order valence-corrected chi connectivity index (χ3v) is 13.9. The molecule has 0 aliphatic rings. The van der Waals surface area contributed by atoms with Crippen molar-refractivity contribution in [3.05, 3.63) is 72.9 Å². The van der Waals surface area contributed by atoms with Gasteiger partial charge in [0.2, 0.25) is 0 Å². The van der Waals surface area contributed by atoms with Gasteiger partial charge in [-0.05, 0) is 89.9 Å². The van der Waals surface area contributed by atoms with Crippen LogP contribution in [0.25, 0.3) is 0 Å². The lowest BCUT2D eigenvalue weighted by atomic mass is 10.0. The van der Waals surface area contributed by atoms with Crippen molar-refractivity contribution in [2.24, 2.45) is 0 Å². The largest absolute Gasteiger partial charge is 0.462 e. The zero-order valence-electron chi connectivity index (χ0n) is 49.1. The normalized spacial score (nSPS) is 12.5. The van der Waals surface area contributed by atoms with E-state index in [2.05, 4.69) is 93.7 Å². The Hall–Kier alpha value is -3.15. The molecule has 6 nitrogen and oxygen atoms in total. The van der Waals surface area contributed by atoms with Gasteiger partial charge in [0, 0.05) is 19.3 Å². The Balaban J connectivity index is 4.07. The van der Waals surface area contributed by atoms with Gasteiger partial charge >= 0.3 is 17.9 Å². The molecule has 0 heterocycles. The maximum absolute atomic E-state index is 12.9. The zero-order chi connectivity index (χ0) is 53.6. The Morgan fingerprint density at radius 1 is 0.284 bits per heavy atom. The van der Waals surface area contributed by atoms with E-state index in [0.29, 0.717) is 19.3 Å². The molecular formula is C68H120O6. The molecule has 0 aromatic rings. The summed E-state index contributed by atoms with van der Waals surface area (Å²) in [6.07, 6.45) is 80.9. The van der Waals surface area contributed by atoms with Crippen LogP contribution in [-0.4, -0.2) is 37.2 Å². The molecule has 0 aliphatic carbocycles. The van der Waals surface area contributed by atoms with Crippen LogP contribution in [-0.2, 0) is 28.6 Å². The molecule has 0 amide bonds. The predicted octanol–water partition coefficient (Wildman–Crippen LogP) is 21.7. The quantitative estimate of drug-likeness (QED) is 0.0261. The molecule has 0 saturated carbocycles. The van der Waals surface area contributed by atoms with Crippen molar-refractivity contribution in [2.75, 3.05) is 13.2 Å². The molecule has 0 N–H and O–H groups in total. The Kier molecular flexibility index (Phi) is 59.7. The van der Waals surface area contributed by atoms with E-state index in [-0.39, 0.29) is 31.1 Å². The number of rotatable bonds is 58. The lowest BCUT2D eigenvalue weighted by Crippen LogP contribution is -2.30. The molecule has 1 atom stereocenters. The second-order valence-corrected chi connectivity index (χ2v) is 21.3. The molecule has 0 aromatic carbocycles. The van der Waals surface area contributed by atoms with Gasteiger partial charge in [-0.25, -0.2) is 0 Å². The lowest BCUT2D eigenvalue weighted by Gasteiger charge is -2.18. The van der Waals surface area contributed by atoms with E-state index in [4.69, 9.17) is 14.2 Å². The van der Waals surface area contributed by atoms with E-state index in [1.807, 2.05) is 0 Å². The number of carbonyl (C=O) groups excluding carboxylic acids is 3. The van der Waals surface area contributed by atoms with Crippen LogP contribution in [0.5, 0.6) is 0 Å². The summed E-state index contributed by atoms with van der Waals surface area (Å²) in [4.78, 5) is 38.0. The molecule has 0 saturated heterocycles. The Labute approximate surface area is 459 Å². The third kappa shape index (κ3) is 59.7. The summed E-state index contributed by atoms with van der Waals surface area (Å²) in [6.45, 7) is 6.49. The summed E-state index contributed by atoms with van der Waals surface area (Å²) < 4.78 is 16.8. The average molecular weight is 1030 g/mol. The molecular weight excluding hydrogens is 913 g/mol. The maximum Gasteiger partial charge on any atom is 0.306 e. The first-order chi connectivity index (χ1) is 36.5. The molecule has 428 valence electrons. The molecule has 0 rings (SSSR count). The highest BCUT2D eigenvalue weighted by Gasteiger charge is 2.19. The van der Waals surface area contributed by atoms with Gasteiger partial charge in [0.15, 0.2) is 6.10 Å². The molecule has 1 unspecified atom stereocenters. The number of hydrogen-bond acceptors (Lipinski definition) is 6.